The molecule has 0 radical (unpaired) electrons. The molecule has 5 rings (SSSR count). The second kappa shape index (κ2) is 8.65. The molecule has 1 atom stereocenters. The number of hydrogen-bond acceptors (Lipinski definition) is 5. The number of carbonyl (C=O) groups is 1. The Bertz CT molecular complexity index is 1340. The molecular formula is C27H25F3N2O4. The summed E-state index contributed by atoms with van der Waals surface area (Å²) < 4.78 is 45.8. The van der Waals surface area contributed by atoms with E-state index in [2.05, 4.69) is 12.2 Å². The monoisotopic (exact) mass is 498 g/mol. The molecule has 1 unspecified atom stereocenters. The van der Waals surface area contributed by atoms with Gasteiger partial charge in [-0.2, -0.15) is 13.2 Å². The Morgan fingerprint density at radius 2 is 1.81 bits per heavy atom. The molecule has 0 aliphatic carbocycles. The number of nitrogens with one attached hydrogen (secondary N) is 1. The van der Waals surface area contributed by atoms with Crippen LogP contribution in [-0.4, -0.2) is 29.3 Å². The van der Waals surface area contributed by atoms with Crippen LogP contribution in [0.2, 0.25) is 0 Å². The number of nitrogens with zero attached hydrogens (tertiary/aromatic N) is 1. The fourth-order valence-corrected chi connectivity index (χ4v) is 5.09. The Hall–Kier alpha value is -3.88. The first kappa shape index (κ1) is 23.8. The zero-order chi connectivity index (χ0) is 25.7. The molecule has 6 nitrogen and oxygen atoms in total. The lowest BCUT2D eigenvalue weighted by molar-refractivity contribution is -0.137. The van der Waals surface area contributed by atoms with Gasteiger partial charge in [0.2, 0.25) is 5.91 Å². The second-order valence-corrected chi connectivity index (χ2v) is 9.10. The lowest BCUT2D eigenvalue weighted by atomic mass is 9.76. The summed E-state index contributed by atoms with van der Waals surface area (Å²) in [5, 5.41) is 23.3. The van der Waals surface area contributed by atoms with E-state index in [9.17, 15) is 28.2 Å². The average molecular weight is 499 g/mol. The van der Waals surface area contributed by atoms with Gasteiger partial charge in [0.15, 0.2) is 11.5 Å². The highest BCUT2D eigenvalue weighted by Crippen LogP contribution is 2.56. The van der Waals surface area contributed by atoms with Crippen LogP contribution in [0.3, 0.4) is 0 Å². The van der Waals surface area contributed by atoms with Gasteiger partial charge in [0.25, 0.3) is 0 Å². The largest absolute Gasteiger partial charge is 0.504 e. The first-order chi connectivity index (χ1) is 17.2. The Kier molecular flexibility index (Phi) is 5.73. The third kappa shape index (κ3) is 3.70. The van der Waals surface area contributed by atoms with Gasteiger partial charge in [0.1, 0.15) is 17.8 Å². The second-order valence-electron chi connectivity index (χ2n) is 9.10. The number of anilines is 3. The van der Waals surface area contributed by atoms with E-state index in [4.69, 9.17) is 4.74 Å². The summed E-state index contributed by atoms with van der Waals surface area (Å²) in [7, 11) is 0. The number of carbonyl (C=O) groups excluding carboxylic acids is 1. The first-order valence-electron chi connectivity index (χ1n) is 11.8. The quantitative estimate of drug-likeness (QED) is 0.284. The maximum atomic E-state index is 14.1. The van der Waals surface area contributed by atoms with Crippen molar-refractivity contribution < 1.29 is 32.9 Å². The molecule has 36 heavy (non-hydrogen) atoms. The van der Waals surface area contributed by atoms with Gasteiger partial charge in [0, 0.05) is 35.1 Å². The number of alkyl halides is 3. The minimum atomic E-state index is -4.50. The maximum Gasteiger partial charge on any atom is 0.416 e. The number of amides is 1. The maximum absolute atomic E-state index is 14.1. The molecular weight excluding hydrogens is 473 g/mol. The lowest BCUT2D eigenvalue weighted by Crippen LogP contribution is -2.43. The van der Waals surface area contributed by atoms with E-state index in [0.29, 0.717) is 29.0 Å². The Balaban J connectivity index is 1.66. The number of unbranched alkanes of at least 4 members (excludes halogenated alkanes) is 2. The van der Waals surface area contributed by atoms with Crippen LogP contribution in [0.1, 0.15) is 42.9 Å². The summed E-state index contributed by atoms with van der Waals surface area (Å²) in [5.74, 6) is -0.725. The van der Waals surface area contributed by atoms with Crippen molar-refractivity contribution in [1.82, 2.24) is 0 Å². The van der Waals surface area contributed by atoms with E-state index < -0.39 is 17.2 Å². The van der Waals surface area contributed by atoms with Crippen LogP contribution in [0.25, 0.3) is 0 Å². The van der Waals surface area contributed by atoms with E-state index in [1.165, 1.54) is 24.3 Å². The van der Waals surface area contributed by atoms with Crippen LogP contribution in [0.4, 0.5) is 30.2 Å². The van der Waals surface area contributed by atoms with Gasteiger partial charge in [0.05, 0.1) is 11.3 Å². The molecule has 0 saturated carbocycles. The number of ether oxygens (including phenoxy) is 1. The van der Waals surface area contributed by atoms with Crippen molar-refractivity contribution in [3.8, 4) is 17.2 Å². The van der Waals surface area contributed by atoms with Crippen LogP contribution in [0.15, 0.2) is 54.6 Å². The minimum Gasteiger partial charge on any atom is -0.504 e. The zero-order valence-electron chi connectivity index (χ0n) is 19.5. The van der Waals surface area contributed by atoms with Crippen molar-refractivity contribution in [1.29, 1.82) is 0 Å². The summed E-state index contributed by atoms with van der Waals surface area (Å²) in [4.78, 5) is 15.7. The van der Waals surface area contributed by atoms with Crippen LogP contribution in [0, 0.1) is 0 Å². The SMILES string of the molecule is CCCCCN1C(=O)C2(COc3cc(O)c(O)cc32)c2c(Nc3cccc(C(F)(F)F)c3)cccc21. The Morgan fingerprint density at radius 1 is 1.06 bits per heavy atom. The van der Waals surface area contributed by atoms with Crippen LogP contribution in [0.5, 0.6) is 17.2 Å². The standard InChI is InChI=1S/C27H25F3N2O4/c1-2-3-4-11-32-20-10-6-9-19(31-17-8-5-7-16(12-17)27(28,29)30)24(20)26(25(32)35)15-36-23-14-22(34)21(33)13-18(23)26/h5-10,12-14,31,33-34H,2-4,11,15H2,1H3. The van der Waals surface area contributed by atoms with E-state index in [1.807, 2.05) is 6.07 Å². The van der Waals surface area contributed by atoms with Gasteiger partial charge < -0.3 is 25.2 Å². The zero-order valence-corrected chi connectivity index (χ0v) is 19.5. The Morgan fingerprint density at radius 3 is 2.56 bits per heavy atom. The highest BCUT2D eigenvalue weighted by Gasteiger charge is 2.58. The Labute approximate surface area is 205 Å². The number of benzene rings is 3. The molecule has 2 aliphatic heterocycles. The molecule has 1 spiro atoms. The van der Waals surface area contributed by atoms with Gasteiger partial charge >= 0.3 is 6.18 Å². The number of hydrogen-bond donors (Lipinski definition) is 3. The molecule has 0 bridgehead atoms. The molecule has 3 aromatic carbocycles. The van der Waals surface area contributed by atoms with Crippen LogP contribution >= 0.6 is 0 Å². The molecule has 188 valence electrons. The predicted octanol–water partition coefficient (Wildman–Crippen LogP) is 6.08. The summed E-state index contributed by atoms with van der Waals surface area (Å²) in [5.41, 5.74) is 0.167. The highest BCUT2D eigenvalue weighted by atomic mass is 19.4. The van der Waals surface area contributed by atoms with E-state index in [1.54, 1.807) is 17.0 Å². The van der Waals surface area contributed by atoms with Crippen LogP contribution < -0.4 is 15.0 Å². The minimum absolute atomic E-state index is 0.0668. The molecule has 0 aromatic heterocycles. The van der Waals surface area contributed by atoms with Gasteiger partial charge in [-0.15, -0.1) is 0 Å². The fourth-order valence-electron chi connectivity index (χ4n) is 5.09. The van der Waals surface area contributed by atoms with Crippen molar-refractivity contribution in [3.63, 3.8) is 0 Å². The molecule has 0 saturated heterocycles. The van der Waals surface area contributed by atoms with Gasteiger partial charge in [-0.3, -0.25) is 4.79 Å². The number of phenolic OH excluding ortho intramolecular Hbond substituents is 2. The molecule has 0 fully saturated rings. The van der Waals surface area contributed by atoms with Crippen molar-refractivity contribution >= 4 is 23.0 Å². The first-order valence-corrected chi connectivity index (χ1v) is 11.8. The van der Waals surface area contributed by atoms with Crippen molar-refractivity contribution in [3.05, 3.63) is 71.3 Å². The summed E-state index contributed by atoms with van der Waals surface area (Å²) in [6.07, 6.45) is -1.83. The normalized spacial score (nSPS) is 18.3. The third-order valence-electron chi connectivity index (χ3n) is 6.81. The third-order valence-corrected chi connectivity index (χ3v) is 6.81. The number of phenols is 2. The van der Waals surface area contributed by atoms with Crippen molar-refractivity contribution in [2.24, 2.45) is 0 Å². The van der Waals surface area contributed by atoms with E-state index in [-0.39, 0.29) is 35.4 Å². The number of rotatable bonds is 6. The molecule has 1 amide bonds. The molecule has 2 aliphatic rings. The smallest absolute Gasteiger partial charge is 0.416 e. The van der Waals surface area contributed by atoms with Crippen LogP contribution in [-0.2, 0) is 16.4 Å². The number of halogens is 3. The molecule has 3 aromatic rings. The summed E-state index contributed by atoms with van der Waals surface area (Å²) in [6.45, 7) is 2.46. The number of aromatic hydroxyl groups is 2. The van der Waals surface area contributed by atoms with Crippen molar-refractivity contribution in [2.45, 2.75) is 37.8 Å². The van der Waals surface area contributed by atoms with Gasteiger partial charge in [-0.25, -0.2) is 0 Å². The van der Waals surface area contributed by atoms with Gasteiger partial charge in [-0.05, 0) is 42.8 Å². The molecule has 9 heteroatoms. The molecule has 2 heterocycles. The average Bonchev–Trinajstić information content (AvgIpc) is 3.31. The predicted molar refractivity (Wildman–Crippen MR) is 129 cm³/mol. The van der Waals surface area contributed by atoms with Crippen molar-refractivity contribution in [2.75, 3.05) is 23.4 Å². The van der Waals surface area contributed by atoms with E-state index >= 15 is 0 Å². The van der Waals surface area contributed by atoms with E-state index in [0.717, 1.165) is 31.4 Å². The topological polar surface area (TPSA) is 82.0 Å². The lowest BCUT2D eigenvalue weighted by Gasteiger charge is -2.24. The molecule has 3 N–H and O–H groups in total. The number of fused-ring (bicyclic) bond motifs is 4. The highest BCUT2D eigenvalue weighted by molar-refractivity contribution is 6.13. The summed E-state index contributed by atoms with van der Waals surface area (Å²) in [6, 6.07) is 12.7. The van der Waals surface area contributed by atoms with Gasteiger partial charge in [-0.1, -0.05) is 31.9 Å². The summed E-state index contributed by atoms with van der Waals surface area (Å²) >= 11 is 0. The fraction of sp³-hybridized carbons (Fsp3) is 0.296.